The van der Waals surface area contributed by atoms with Crippen molar-refractivity contribution in [3.63, 3.8) is 0 Å². The number of aromatic nitrogens is 2. The molecule has 0 spiro atoms. The number of aryl methyl sites for hydroxylation is 1. The van der Waals surface area contributed by atoms with Crippen molar-refractivity contribution in [3.8, 4) is 22.8 Å². The Morgan fingerprint density at radius 2 is 1.81 bits per heavy atom. The molecule has 2 aromatic carbocycles. The molecule has 27 heavy (non-hydrogen) atoms. The fraction of sp³-hybridized carbons (Fsp3) is 0.286. The quantitative estimate of drug-likeness (QED) is 0.747. The second-order valence-corrected chi connectivity index (χ2v) is 6.58. The third kappa shape index (κ3) is 3.95. The molecule has 0 radical (unpaired) electrons. The van der Waals surface area contributed by atoms with Crippen molar-refractivity contribution < 1.29 is 13.9 Å². The lowest BCUT2D eigenvalue weighted by molar-refractivity contribution is 0.297. The summed E-state index contributed by atoms with van der Waals surface area (Å²) >= 11 is 0. The maximum atomic E-state index is 13.8. The lowest BCUT2D eigenvalue weighted by atomic mass is 10.1. The van der Waals surface area contributed by atoms with E-state index in [1.54, 1.807) is 16.8 Å². The zero-order chi connectivity index (χ0) is 18.6. The van der Waals surface area contributed by atoms with Gasteiger partial charge in [0.1, 0.15) is 5.82 Å². The summed E-state index contributed by atoms with van der Waals surface area (Å²) in [5, 5.41) is 7.91. The van der Waals surface area contributed by atoms with Crippen molar-refractivity contribution in [2.24, 2.45) is 7.05 Å². The molecule has 1 aliphatic heterocycles. The molecule has 0 saturated carbocycles. The highest BCUT2D eigenvalue weighted by Gasteiger charge is 2.15. The monoisotopic (exact) mass is 367 g/mol. The first-order valence-electron chi connectivity index (χ1n) is 9.07. The molecule has 0 fully saturated rings. The molecule has 0 amide bonds. The molecule has 0 aliphatic carbocycles. The predicted molar refractivity (Wildman–Crippen MR) is 101 cm³/mol. The summed E-state index contributed by atoms with van der Waals surface area (Å²) in [4.78, 5) is 0. The first-order chi connectivity index (χ1) is 13.2. The van der Waals surface area contributed by atoms with E-state index in [1.807, 2.05) is 37.5 Å². The van der Waals surface area contributed by atoms with E-state index in [0.29, 0.717) is 31.9 Å². The van der Waals surface area contributed by atoms with Gasteiger partial charge in [0.05, 0.1) is 18.9 Å². The van der Waals surface area contributed by atoms with Crippen molar-refractivity contribution in [2.75, 3.05) is 13.2 Å². The predicted octanol–water partition coefficient (Wildman–Crippen LogP) is 3.68. The van der Waals surface area contributed by atoms with Crippen LogP contribution in [-0.4, -0.2) is 23.0 Å². The second kappa shape index (κ2) is 7.80. The van der Waals surface area contributed by atoms with Gasteiger partial charge < -0.3 is 14.8 Å². The number of fused-ring (bicyclic) bond motifs is 1. The Morgan fingerprint density at radius 3 is 2.67 bits per heavy atom. The van der Waals surface area contributed by atoms with Crippen LogP contribution in [0.3, 0.4) is 0 Å². The van der Waals surface area contributed by atoms with E-state index in [1.165, 1.54) is 6.07 Å². The van der Waals surface area contributed by atoms with E-state index in [9.17, 15) is 4.39 Å². The number of nitrogens with one attached hydrogen (secondary N) is 1. The molecule has 3 aromatic rings. The highest BCUT2D eigenvalue weighted by atomic mass is 19.1. The van der Waals surface area contributed by atoms with Crippen LogP contribution < -0.4 is 14.8 Å². The average Bonchev–Trinajstić information content (AvgIpc) is 2.89. The van der Waals surface area contributed by atoms with Crippen molar-refractivity contribution >= 4 is 0 Å². The highest BCUT2D eigenvalue weighted by molar-refractivity contribution is 5.66. The van der Waals surface area contributed by atoms with Gasteiger partial charge in [0, 0.05) is 49.4 Å². The van der Waals surface area contributed by atoms with Gasteiger partial charge in [-0.05, 0) is 24.3 Å². The van der Waals surface area contributed by atoms with Gasteiger partial charge in [-0.15, -0.1) is 0 Å². The minimum Gasteiger partial charge on any atom is -0.490 e. The summed E-state index contributed by atoms with van der Waals surface area (Å²) in [6, 6.07) is 12.7. The maximum absolute atomic E-state index is 13.8. The number of hydrogen-bond acceptors (Lipinski definition) is 4. The number of benzene rings is 2. The van der Waals surface area contributed by atoms with Crippen molar-refractivity contribution in [3.05, 3.63) is 65.6 Å². The van der Waals surface area contributed by atoms with E-state index in [4.69, 9.17) is 9.47 Å². The summed E-state index contributed by atoms with van der Waals surface area (Å²) in [6.07, 6.45) is 2.85. The second-order valence-electron chi connectivity index (χ2n) is 6.58. The molecule has 5 nitrogen and oxygen atoms in total. The Bertz CT molecular complexity index is 939. The molecular formula is C21H22FN3O2. The van der Waals surface area contributed by atoms with Gasteiger partial charge in [0.15, 0.2) is 11.5 Å². The fourth-order valence-electron chi connectivity index (χ4n) is 3.19. The van der Waals surface area contributed by atoms with Crippen molar-refractivity contribution in [2.45, 2.75) is 19.5 Å². The summed E-state index contributed by atoms with van der Waals surface area (Å²) in [6.45, 7) is 2.37. The van der Waals surface area contributed by atoms with Crippen LogP contribution in [-0.2, 0) is 20.1 Å². The minimum atomic E-state index is -0.195. The molecular weight excluding hydrogens is 345 g/mol. The first kappa shape index (κ1) is 17.5. The van der Waals surface area contributed by atoms with Crippen LogP contribution in [0.4, 0.5) is 4.39 Å². The summed E-state index contributed by atoms with van der Waals surface area (Å²) < 4.78 is 27.1. The Morgan fingerprint density at radius 1 is 1.04 bits per heavy atom. The molecule has 6 heteroatoms. The Hall–Kier alpha value is -2.86. The standard InChI is InChI=1S/C21H22FN3O2/c1-25-14-17(13-23-12-16-5-2-3-6-18(16)22)21(24-25)15-7-8-19-20(11-15)27-10-4-9-26-19/h2-3,5-8,11,14,23H,4,9-10,12-13H2,1H3. The number of rotatable bonds is 5. The third-order valence-electron chi connectivity index (χ3n) is 4.51. The van der Waals surface area contributed by atoms with Gasteiger partial charge in [-0.2, -0.15) is 5.10 Å². The van der Waals surface area contributed by atoms with Gasteiger partial charge in [-0.25, -0.2) is 4.39 Å². The van der Waals surface area contributed by atoms with Crippen LogP contribution in [0.15, 0.2) is 48.7 Å². The van der Waals surface area contributed by atoms with E-state index >= 15 is 0 Å². The minimum absolute atomic E-state index is 0.195. The summed E-state index contributed by atoms with van der Waals surface area (Å²) in [5.41, 5.74) is 3.55. The smallest absolute Gasteiger partial charge is 0.161 e. The number of halogens is 1. The zero-order valence-electron chi connectivity index (χ0n) is 15.2. The van der Waals surface area contributed by atoms with E-state index in [2.05, 4.69) is 10.4 Å². The van der Waals surface area contributed by atoms with E-state index < -0.39 is 0 Å². The van der Waals surface area contributed by atoms with Crippen molar-refractivity contribution in [1.29, 1.82) is 0 Å². The van der Waals surface area contributed by atoms with Gasteiger partial charge in [-0.3, -0.25) is 4.68 Å². The zero-order valence-corrected chi connectivity index (χ0v) is 15.2. The third-order valence-corrected chi connectivity index (χ3v) is 4.51. The molecule has 0 saturated heterocycles. The van der Waals surface area contributed by atoms with Gasteiger partial charge in [0.2, 0.25) is 0 Å². The van der Waals surface area contributed by atoms with Crippen molar-refractivity contribution in [1.82, 2.24) is 15.1 Å². The molecule has 1 N–H and O–H groups in total. The highest BCUT2D eigenvalue weighted by Crippen LogP contribution is 2.34. The number of nitrogens with zero attached hydrogens (tertiary/aromatic N) is 2. The number of ether oxygens (including phenoxy) is 2. The van der Waals surface area contributed by atoms with Crippen LogP contribution >= 0.6 is 0 Å². The van der Waals surface area contributed by atoms with Crippen LogP contribution in [0, 0.1) is 5.82 Å². The van der Waals surface area contributed by atoms with Crippen LogP contribution in [0.1, 0.15) is 17.5 Å². The number of hydrogen-bond donors (Lipinski definition) is 1. The molecule has 1 aliphatic rings. The largest absolute Gasteiger partial charge is 0.490 e. The topological polar surface area (TPSA) is 48.3 Å². The molecule has 4 rings (SSSR count). The summed E-state index contributed by atoms with van der Waals surface area (Å²) in [7, 11) is 1.90. The van der Waals surface area contributed by atoms with E-state index in [0.717, 1.165) is 34.7 Å². The molecule has 0 unspecified atom stereocenters. The molecule has 0 bridgehead atoms. The lowest BCUT2D eigenvalue weighted by Crippen LogP contribution is -2.13. The molecule has 1 aromatic heterocycles. The van der Waals surface area contributed by atoms with Gasteiger partial charge >= 0.3 is 0 Å². The Kier molecular flexibility index (Phi) is 5.07. The Balaban J connectivity index is 1.53. The van der Waals surface area contributed by atoms with E-state index in [-0.39, 0.29) is 5.82 Å². The Labute approximate surface area is 157 Å². The molecule has 0 atom stereocenters. The van der Waals surface area contributed by atoms with Crippen LogP contribution in [0.25, 0.3) is 11.3 Å². The van der Waals surface area contributed by atoms with Gasteiger partial charge in [0.25, 0.3) is 0 Å². The van der Waals surface area contributed by atoms with Crippen LogP contribution in [0.5, 0.6) is 11.5 Å². The lowest BCUT2D eigenvalue weighted by Gasteiger charge is -2.10. The summed E-state index contributed by atoms with van der Waals surface area (Å²) in [5.74, 6) is 1.33. The first-order valence-corrected chi connectivity index (χ1v) is 9.07. The molecule has 2 heterocycles. The molecule has 140 valence electrons. The van der Waals surface area contributed by atoms with Crippen LogP contribution in [0.2, 0.25) is 0 Å². The maximum Gasteiger partial charge on any atom is 0.161 e. The fourth-order valence-corrected chi connectivity index (χ4v) is 3.19. The normalized spacial score (nSPS) is 13.4. The van der Waals surface area contributed by atoms with Gasteiger partial charge in [-0.1, -0.05) is 18.2 Å². The SMILES string of the molecule is Cn1cc(CNCc2ccccc2F)c(-c2ccc3c(c2)OCCCO3)n1. The average molecular weight is 367 g/mol.